The van der Waals surface area contributed by atoms with Gasteiger partial charge in [0.05, 0.1) is 17.1 Å². The van der Waals surface area contributed by atoms with Crippen LogP contribution in [0.25, 0.3) is 0 Å². The molecule has 0 aliphatic heterocycles. The fourth-order valence-corrected chi connectivity index (χ4v) is 2.08. The first-order chi connectivity index (χ1) is 8.32. The van der Waals surface area contributed by atoms with Crippen LogP contribution in [0.3, 0.4) is 0 Å². The highest BCUT2D eigenvalue weighted by atomic mass is 32.2. The van der Waals surface area contributed by atoms with Gasteiger partial charge in [-0.15, -0.1) is 11.8 Å². The summed E-state index contributed by atoms with van der Waals surface area (Å²) >= 11 is 0.721. The quantitative estimate of drug-likeness (QED) is 0.681. The van der Waals surface area contributed by atoms with Crippen molar-refractivity contribution in [1.29, 1.82) is 0 Å². The van der Waals surface area contributed by atoms with Gasteiger partial charge in [-0.25, -0.2) is 4.79 Å². The maximum atomic E-state index is 12.7. The van der Waals surface area contributed by atoms with Gasteiger partial charge in [-0.2, -0.15) is 13.2 Å². The van der Waals surface area contributed by atoms with Gasteiger partial charge in [0.15, 0.2) is 0 Å². The average Bonchev–Trinajstić information content (AvgIpc) is 2.27. The van der Waals surface area contributed by atoms with E-state index in [-0.39, 0.29) is 17.1 Å². The second-order valence-corrected chi connectivity index (χ2v) is 4.08. The number of phenols is 1. The maximum absolute atomic E-state index is 12.7. The number of hydrogen-bond donors (Lipinski definition) is 1. The molecule has 0 heterocycles. The van der Waals surface area contributed by atoms with Gasteiger partial charge in [0.2, 0.25) is 0 Å². The lowest BCUT2D eigenvalue weighted by Gasteiger charge is -2.14. The first kappa shape index (κ1) is 14.7. The zero-order chi connectivity index (χ0) is 13.9. The van der Waals surface area contributed by atoms with Crippen LogP contribution in [-0.4, -0.2) is 23.9 Å². The Balaban J connectivity index is 3.33. The van der Waals surface area contributed by atoms with Crippen molar-refractivity contribution in [1.82, 2.24) is 0 Å². The molecular weight excluding hydrogens is 269 g/mol. The zero-order valence-electron chi connectivity index (χ0n) is 9.67. The van der Waals surface area contributed by atoms with E-state index in [2.05, 4.69) is 4.74 Å². The third-order valence-corrected chi connectivity index (χ3v) is 2.96. The second-order valence-electron chi connectivity index (χ2n) is 3.26. The molecule has 0 aliphatic carbocycles. The molecule has 0 bridgehead atoms. The lowest BCUT2D eigenvalue weighted by molar-refractivity contribution is -0.139. The molecule has 18 heavy (non-hydrogen) atoms. The Morgan fingerprint density at radius 3 is 2.50 bits per heavy atom. The molecule has 1 aromatic rings. The van der Waals surface area contributed by atoms with Crippen LogP contribution in [0.1, 0.15) is 22.8 Å². The number of alkyl halides is 3. The van der Waals surface area contributed by atoms with Gasteiger partial charge in [-0.1, -0.05) is 0 Å². The minimum Gasteiger partial charge on any atom is -0.506 e. The number of thioether (sulfide) groups is 1. The molecule has 3 nitrogen and oxygen atoms in total. The first-order valence-electron chi connectivity index (χ1n) is 4.97. The van der Waals surface area contributed by atoms with Gasteiger partial charge in [0, 0.05) is 0 Å². The van der Waals surface area contributed by atoms with Gasteiger partial charge in [-0.3, -0.25) is 0 Å². The monoisotopic (exact) mass is 280 g/mol. The summed E-state index contributed by atoms with van der Waals surface area (Å²) in [6, 6.07) is 1.67. The van der Waals surface area contributed by atoms with Crippen molar-refractivity contribution < 1.29 is 27.8 Å². The molecular formula is C11H11F3O3S. The zero-order valence-corrected chi connectivity index (χ0v) is 10.5. The second kappa shape index (κ2) is 5.51. The highest BCUT2D eigenvalue weighted by Crippen LogP contribution is 2.42. The Hall–Kier alpha value is -1.37. The Morgan fingerprint density at radius 1 is 1.44 bits per heavy atom. The van der Waals surface area contributed by atoms with Crippen LogP contribution in [0.5, 0.6) is 5.75 Å². The van der Waals surface area contributed by atoms with Crippen molar-refractivity contribution in [2.45, 2.75) is 18.0 Å². The van der Waals surface area contributed by atoms with E-state index in [1.807, 2.05) is 0 Å². The molecule has 0 radical (unpaired) electrons. The minimum absolute atomic E-state index is 0.0773. The van der Waals surface area contributed by atoms with Crippen molar-refractivity contribution >= 4 is 17.7 Å². The Labute approximate surface area is 106 Å². The van der Waals surface area contributed by atoms with E-state index >= 15 is 0 Å². The van der Waals surface area contributed by atoms with Crippen molar-refractivity contribution in [3.05, 3.63) is 23.3 Å². The van der Waals surface area contributed by atoms with Gasteiger partial charge < -0.3 is 9.84 Å². The molecule has 7 heteroatoms. The average molecular weight is 280 g/mol. The topological polar surface area (TPSA) is 46.5 Å². The smallest absolute Gasteiger partial charge is 0.417 e. The fourth-order valence-electron chi connectivity index (χ4n) is 1.37. The molecule has 100 valence electrons. The lowest BCUT2D eigenvalue weighted by Crippen LogP contribution is -2.10. The van der Waals surface area contributed by atoms with Crippen LogP contribution in [-0.2, 0) is 10.9 Å². The number of esters is 1. The molecule has 0 saturated heterocycles. The largest absolute Gasteiger partial charge is 0.506 e. The summed E-state index contributed by atoms with van der Waals surface area (Å²) in [4.78, 5) is 11.0. The van der Waals surface area contributed by atoms with E-state index in [0.717, 1.165) is 23.9 Å². The van der Waals surface area contributed by atoms with E-state index in [0.29, 0.717) is 0 Å². The molecule has 0 spiro atoms. The molecule has 1 N–H and O–H groups in total. The number of aromatic hydroxyl groups is 1. The van der Waals surface area contributed by atoms with Crippen molar-refractivity contribution in [2.75, 3.05) is 12.9 Å². The SMILES string of the molecule is CCOC(=O)c1ccc(C(F)(F)F)c(SC)c1O. The highest BCUT2D eigenvalue weighted by Gasteiger charge is 2.35. The fraction of sp³-hybridized carbons (Fsp3) is 0.364. The van der Waals surface area contributed by atoms with Gasteiger partial charge in [-0.05, 0) is 25.3 Å². The maximum Gasteiger partial charge on any atom is 0.417 e. The summed E-state index contributed by atoms with van der Waals surface area (Å²) in [6.07, 6.45) is -3.19. The number of hydrogen-bond acceptors (Lipinski definition) is 4. The number of carbonyl (C=O) groups is 1. The predicted molar refractivity (Wildman–Crippen MR) is 60.8 cm³/mol. The summed E-state index contributed by atoms with van der Waals surface area (Å²) in [5.74, 6) is -1.55. The number of benzene rings is 1. The Bertz CT molecular complexity index is 458. The number of ether oxygens (including phenoxy) is 1. The van der Waals surface area contributed by atoms with Crippen LogP contribution in [0.2, 0.25) is 0 Å². The molecule has 1 rings (SSSR count). The molecule has 0 aromatic heterocycles. The van der Waals surface area contributed by atoms with Crippen LogP contribution in [0, 0.1) is 0 Å². The molecule has 0 fully saturated rings. The van der Waals surface area contributed by atoms with Crippen molar-refractivity contribution in [2.24, 2.45) is 0 Å². The highest BCUT2D eigenvalue weighted by molar-refractivity contribution is 7.98. The molecule has 0 amide bonds. The Kier molecular flexibility index (Phi) is 4.50. The number of rotatable bonds is 3. The summed E-state index contributed by atoms with van der Waals surface area (Å²) in [7, 11) is 0. The number of carbonyl (C=O) groups excluding carboxylic acids is 1. The standard InChI is InChI=1S/C11H11F3O3S/c1-3-17-10(16)6-4-5-7(11(12,13)14)9(18-2)8(6)15/h4-5,15H,3H2,1-2H3. The lowest BCUT2D eigenvalue weighted by atomic mass is 10.1. The van der Waals surface area contributed by atoms with E-state index in [4.69, 9.17) is 0 Å². The number of phenolic OH excluding ortho intramolecular Hbond substituents is 1. The van der Waals surface area contributed by atoms with Gasteiger partial charge in [0.25, 0.3) is 0 Å². The van der Waals surface area contributed by atoms with E-state index in [9.17, 15) is 23.1 Å². The molecule has 0 aliphatic rings. The van der Waals surface area contributed by atoms with E-state index in [1.165, 1.54) is 6.26 Å². The van der Waals surface area contributed by atoms with Crippen molar-refractivity contribution in [3.63, 3.8) is 0 Å². The van der Waals surface area contributed by atoms with Gasteiger partial charge in [0.1, 0.15) is 11.3 Å². The summed E-state index contributed by atoms with van der Waals surface area (Å²) in [5, 5.41) is 9.71. The summed E-state index contributed by atoms with van der Waals surface area (Å²) in [5.41, 5.74) is -1.24. The number of halogens is 3. The van der Waals surface area contributed by atoms with Crippen molar-refractivity contribution in [3.8, 4) is 5.75 Å². The molecule has 0 atom stereocenters. The van der Waals surface area contributed by atoms with Crippen LogP contribution < -0.4 is 0 Å². The normalized spacial score (nSPS) is 11.4. The third kappa shape index (κ3) is 2.90. The predicted octanol–water partition coefficient (Wildman–Crippen LogP) is 3.31. The molecule has 0 saturated carbocycles. The molecule has 0 unspecified atom stereocenters. The Morgan fingerprint density at radius 2 is 2.06 bits per heavy atom. The van der Waals surface area contributed by atoms with Crippen LogP contribution in [0.4, 0.5) is 13.2 Å². The van der Waals surface area contributed by atoms with E-state index < -0.39 is 23.5 Å². The minimum atomic E-state index is -4.58. The molecule has 1 aromatic carbocycles. The van der Waals surface area contributed by atoms with Crippen LogP contribution >= 0.6 is 11.8 Å². The first-order valence-corrected chi connectivity index (χ1v) is 6.19. The van der Waals surface area contributed by atoms with Crippen LogP contribution in [0.15, 0.2) is 17.0 Å². The van der Waals surface area contributed by atoms with Gasteiger partial charge >= 0.3 is 12.1 Å². The summed E-state index contributed by atoms with van der Waals surface area (Å²) in [6.45, 7) is 1.64. The third-order valence-electron chi connectivity index (χ3n) is 2.14. The van der Waals surface area contributed by atoms with E-state index in [1.54, 1.807) is 6.92 Å². The summed E-state index contributed by atoms with van der Waals surface area (Å²) < 4.78 is 42.6.